The molecule has 2 rings (SSSR count). The summed E-state index contributed by atoms with van der Waals surface area (Å²) in [4.78, 5) is 16.4. The van der Waals surface area contributed by atoms with Gasteiger partial charge < -0.3 is 10.1 Å². The number of carbonyl (C=O) groups excluding carboxylic acids is 1. The van der Waals surface area contributed by atoms with E-state index in [1.54, 1.807) is 18.8 Å². The fourth-order valence-electron chi connectivity index (χ4n) is 2.37. The first-order chi connectivity index (χ1) is 10.6. The SMILES string of the molecule is C=COC(=NC)c1cc(C)c(NC(=O)C2CC=CS2)c(C)c1. The minimum Gasteiger partial charge on any atom is -0.447 e. The largest absolute Gasteiger partial charge is 0.447 e. The van der Waals surface area contributed by atoms with Crippen molar-refractivity contribution in [2.45, 2.75) is 25.5 Å². The van der Waals surface area contributed by atoms with E-state index in [0.717, 1.165) is 28.8 Å². The number of hydrogen-bond acceptors (Lipinski definition) is 4. The van der Waals surface area contributed by atoms with Crippen molar-refractivity contribution in [1.82, 2.24) is 0 Å². The number of nitrogens with zero attached hydrogens (tertiary/aromatic N) is 1. The molecule has 1 aromatic rings. The van der Waals surface area contributed by atoms with E-state index >= 15 is 0 Å². The van der Waals surface area contributed by atoms with Gasteiger partial charge in [0, 0.05) is 18.3 Å². The Hall–Kier alpha value is -2.01. The minimum absolute atomic E-state index is 0.0321. The molecule has 4 nitrogen and oxygen atoms in total. The van der Waals surface area contributed by atoms with Crippen LogP contribution in [0.5, 0.6) is 0 Å². The van der Waals surface area contributed by atoms with Gasteiger partial charge in [0.1, 0.15) is 0 Å². The predicted molar refractivity (Wildman–Crippen MR) is 93.4 cm³/mol. The van der Waals surface area contributed by atoms with E-state index in [4.69, 9.17) is 4.74 Å². The van der Waals surface area contributed by atoms with Crippen LogP contribution in [-0.4, -0.2) is 24.1 Å². The summed E-state index contributed by atoms with van der Waals surface area (Å²) in [5.41, 5.74) is 3.68. The first-order valence-corrected chi connectivity index (χ1v) is 7.98. The Morgan fingerprint density at radius 3 is 2.64 bits per heavy atom. The van der Waals surface area contributed by atoms with Crippen molar-refractivity contribution < 1.29 is 9.53 Å². The lowest BCUT2D eigenvalue weighted by atomic mass is 10.0. The van der Waals surface area contributed by atoms with Crippen molar-refractivity contribution in [2.75, 3.05) is 12.4 Å². The number of benzene rings is 1. The second-order valence-corrected chi connectivity index (χ2v) is 6.13. The highest BCUT2D eigenvalue weighted by atomic mass is 32.2. The molecule has 1 N–H and O–H groups in total. The maximum absolute atomic E-state index is 12.3. The summed E-state index contributed by atoms with van der Waals surface area (Å²) in [6, 6.07) is 3.91. The van der Waals surface area contributed by atoms with Crippen LogP contribution in [0, 0.1) is 13.8 Å². The van der Waals surface area contributed by atoms with E-state index < -0.39 is 0 Å². The van der Waals surface area contributed by atoms with Crippen LogP contribution in [0.3, 0.4) is 0 Å². The van der Waals surface area contributed by atoms with E-state index in [1.165, 1.54) is 6.26 Å². The molecule has 1 aliphatic rings. The van der Waals surface area contributed by atoms with E-state index in [0.29, 0.717) is 5.90 Å². The molecule has 0 aliphatic carbocycles. The number of rotatable bonds is 4. The quantitative estimate of drug-likeness (QED) is 0.522. The average Bonchev–Trinajstić information content (AvgIpc) is 3.02. The van der Waals surface area contributed by atoms with Gasteiger partial charge in [-0.3, -0.25) is 9.79 Å². The minimum atomic E-state index is -0.0321. The maximum atomic E-state index is 12.3. The topological polar surface area (TPSA) is 50.7 Å². The molecular formula is C17H20N2O2S. The van der Waals surface area contributed by atoms with Gasteiger partial charge in [-0.05, 0) is 48.9 Å². The number of aliphatic imine (C=N–C) groups is 1. The summed E-state index contributed by atoms with van der Waals surface area (Å²) in [6.07, 6.45) is 4.16. The van der Waals surface area contributed by atoms with Gasteiger partial charge in [-0.2, -0.15) is 0 Å². The highest BCUT2D eigenvalue weighted by Crippen LogP contribution is 2.28. The molecule has 0 bridgehead atoms. The molecule has 0 aromatic heterocycles. The van der Waals surface area contributed by atoms with Crippen molar-refractivity contribution in [3.63, 3.8) is 0 Å². The van der Waals surface area contributed by atoms with Crippen LogP contribution in [0.4, 0.5) is 5.69 Å². The summed E-state index contributed by atoms with van der Waals surface area (Å²) in [6.45, 7) is 7.48. The lowest BCUT2D eigenvalue weighted by Crippen LogP contribution is -2.24. The zero-order chi connectivity index (χ0) is 16.1. The summed E-state index contributed by atoms with van der Waals surface area (Å²) < 4.78 is 5.30. The summed E-state index contributed by atoms with van der Waals surface area (Å²) in [5, 5.41) is 4.98. The number of hydrogen-bond donors (Lipinski definition) is 1. The zero-order valence-corrected chi connectivity index (χ0v) is 13.9. The van der Waals surface area contributed by atoms with Crippen molar-refractivity contribution in [1.29, 1.82) is 0 Å². The third-order valence-corrected chi connectivity index (χ3v) is 4.49. The van der Waals surface area contributed by atoms with Crippen LogP contribution in [0.1, 0.15) is 23.1 Å². The number of anilines is 1. The van der Waals surface area contributed by atoms with Gasteiger partial charge in [-0.25, -0.2) is 0 Å². The number of thioether (sulfide) groups is 1. The highest BCUT2D eigenvalue weighted by molar-refractivity contribution is 8.03. The van der Waals surface area contributed by atoms with Crippen LogP contribution in [0.2, 0.25) is 0 Å². The molecule has 0 fully saturated rings. The Bertz CT molecular complexity index is 619. The molecule has 5 heteroatoms. The molecule has 1 heterocycles. The van der Waals surface area contributed by atoms with Crippen molar-refractivity contribution in [2.24, 2.45) is 4.99 Å². The summed E-state index contributed by atoms with van der Waals surface area (Å²) in [5.74, 6) is 0.551. The smallest absolute Gasteiger partial charge is 0.238 e. The Kier molecular flexibility index (Phi) is 5.44. The Morgan fingerprint density at radius 2 is 2.14 bits per heavy atom. The lowest BCUT2D eigenvalue weighted by Gasteiger charge is -2.16. The molecular weight excluding hydrogens is 296 g/mol. The standard InChI is InChI=1S/C17H20N2O2S/c1-5-21-17(18-4)13-9-11(2)15(12(3)10-13)19-16(20)14-7-6-8-22-14/h5-6,8-10,14H,1,7H2,2-4H3,(H,19,20). The number of carbonyl (C=O) groups is 1. The Labute approximate surface area is 135 Å². The van der Waals surface area contributed by atoms with Gasteiger partial charge in [-0.15, -0.1) is 11.8 Å². The molecule has 116 valence electrons. The third kappa shape index (κ3) is 3.60. The van der Waals surface area contributed by atoms with Crippen LogP contribution in [0.15, 0.2) is 41.5 Å². The molecule has 1 amide bonds. The number of amides is 1. The van der Waals surface area contributed by atoms with E-state index in [-0.39, 0.29) is 11.2 Å². The van der Waals surface area contributed by atoms with Crippen molar-refractivity contribution in [3.8, 4) is 0 Å². The first kappa shape index (κ1) is 16.4. The second kappa shape index (κ2) is 7.31. The summed E-state index contributed by atoms with van der Waals surface area (Å²) >= 11 is 1.56. The number of nitrogens with one attached hydrogen (secondary N) is 1. The number of aryl methyl sites for hydroxylation is 2. The molecule has 0 saturated carbocycles. The number of ether oxygens (including phenoxy) is 1. The van der Waals surface area contributed by atoms with Gasteiger partial charge in [0.15, 0.2) is 0 Å². The van der Waals surface area contributed by atoms with Gasteiger partial charge in [0.05, 0.1) is 11.5 Å². The Balaban J connectivity index is 2.23. The Morgan fingerprint density at radius 1 is 1.45 bits per heavy atom. The third-order valence-electron chi connectivity index (χ3n) is 3.41. The normalized spacial score (nSPS) is 17.4. The molecule has 0 radical (unpaired) electrons. The molecule has 0 spiro atoms. The molecule has 1 aromatic carbocycles. The fourth-order valence-corrected chi connectivity index (χ4v) is 3.19. The molecule has 1 unspecified atom stereocenters. The lowest BCUT2D eigenvalue weighted by molar-refractivity contribution is -0.115. The molecule has 0 saturated heterocycles. The first-order valence-electron chi connectivity index (χ1n) is 7.04. The zero-order valence-electron chi connectivity index (χ0n) is 13.1. The molecule has 1 atom stereocenters. The molecule has 22 heavy (non-hydrogen) atoms. The maximum Gasteiger partial charge on any atom is 0.238 e. The molecule has 1 aliphatic heterocycles. The van der Waals surface area contributed by atoms with Crippen molar-refractivity contribution >= 4 is 29.3 Å². The van der Waals surface area contributed by atoms with E-state index in [9.17, 15) is 4.79 Å². The average molecular weight is 316 g/mol. The van der Waals surface area contributed by atoms with Crippen LogP contribution >= 0.6 is 11.8 Å². The predicted octanol–water partition coefficient (Wildman–Crippen LogP) is 3.80. The van der Waals surface area contributed by atoms with E-state index in [1.807, 2.05) is 37.5 Å². The number of allylic oxidation sites excluding steroid dienone is 1. The monoisotopic (exact) mass is 316 g/mol. The fraction of sp³-hybridized carbons (Fsp3) is 0.294. The van der Waals surface area contributed by atoms with Crippen LogP contribution in [0.25, 0.3) is 0 Å². The summed E-state index contributed by atoms with van der Waals surface area (Å²) in [7, 11) is 1.67. The highest BCUT2D eigenvalue weighted by Gasteiger charge is 2.21. The van der Waals surface area contributed by atoms with Crippen LogP contribution < -0.4 is 5.32 Å². The van der Waals surface area contributed by atoms with Crippen LogP contribution in [-0.2, 0) is 9.53 Å². The van der Waals surface area contributed by atoms with Gasteiger partial charge in [0.2, 0.25) is 11.8 Å². The van der Waals surface area contributed by atoms with Gasteiger partial charge >= 0.3 is 0 Å². The second-order valence-electron chi connectivity index (χ2n) is 5.02. The van der Waals surface area contributed by atoms with Crippen molar-refractivity contribution in [3.05, 3.63) is 53.1 Å². The van der Waals surface area contributed by atoms with E-state index in [2.05, 4.69) is 16.9 Å². The van der Waals surface area contributed by atoms with Gasteiger partial charge in [0.25, 0.3) is 0 Å². The van der Waals surface area contributed by atoms with Gasteiger partial charge in [-0.1, -0.05) is 12.7 Å².